The van der Waals surface area contributed by atoms with Crippen LogP contribution < -0.4 is 0 Å². The molecule has 2 aliphatic rings. The van der Waals surface area contributed by atoms with Gasteiger partial charge in [-0.05, 0) is 37.3 Å². The summed E-state index contributed by atoms with van der Waals surface area (Å²) in [6.07, 6.45) is 0.981. The zero-order chi connectivity index (χ0) is 13.7. The summed E-state index contributed by atoms with van der Waals surface area (Å²) in [5.41, 5.74) is 3.55. The molecule has 1 saturated carbocycles. The second kappa shape index (κ2) is 4.66. The quantitative estimate of drug-likeness (QED) is 0.563. The summed E-state index contributed by atoms with van der Waals surface area (Å²) in [5, 5.41) is 8.60. The molecule has 1 aliphatic carbocycles. The van der Waals surface area contributed by atoms with E-state index >= 15 is 0 Å². The van der Waals surface area contributed by atoms with E-state index in [1.165, 1.54) is 11.1 Å². The fourth-order valence-electron chi connectivity index (χ4n) is 3.23. The molecule has 1 heterocycles. The summed E-state index contributed by atoms with van der Waals surface area (Å²) in [7, 11) is 0. The number of allylic oxidation sites excluding steroid dienone is 4. The minimum absolute atomic E-state index is 0.00986. The molecule has 2 rings (SSSR count). The van der Waals surface area contributed by atoms with E-state index in [2.05, 4.69) is 50.3 Å². The van der Waals surface area contributed by atoms with Crippen molar-refractivity contribution in [2.75, 3.05) is 4.43 Å². The predicted octanol–water partition coefficient (Wildman–Crippen LogP) is 4.70. The normalized spacial score (nSPS) is 32.2. The standard InChI is InChI=1S/C15H22INO/c1-8(2)12-10(4)18-9(3)11-6-15(5,7-16)14(17)13(11)12/h8,13,17H,6-7H2,1-5H3. The fraction of sp³-hybridized carbons (Fsp3) is 0.667. The van der Waals surface area contributed by atoms with Crippen molar-refractivity contribution in [3.8, 4) is 0 Å². The third-order valence-corrected chi connectivity index (χ3v) is 5.94. The molecule has 0 amide bonds. The highest BCUT2D eigenvalue weighted by molar-refractivity contribution is 14.1. The van der Waals surface area contributed by atoms with Crippen molar-refractivity contribution < 1.29 is 4.74 Å². The fourth-order valence-corrected chi connectivity index (χ4v) is 3.91. The minimum Gasteiger partial charge on any atom is -0.467 e. The molecule has 0 spiro atoms. The molecule has 0 saturated heterocycles. The first-order valence-corrected chi connectivity index (χ1v) is 8.07. The van der Waals surface area contributed by atoms with Gasteiger partial charge < -0.3 is 10.1 Å². The van der Waals surface area contributed by atoms with Crippen LogP contribution in [0.3, 0.4) is 0 Å². The molecule has 18 heavy (non-hydrogen) atoms. The van der Waals surface area contributed by atoms with Gasteiger partial charge in [-0.15, -0.1) is 0 Å². The lowest BCUT2D eigenvalue weighted by Gasteiger charge is -2.30. The van der Waals surface area contributed by atoms with Crippen LogP contribution in [0.25, 0.3) is 0 Å². The van der Waals surface area contributed by atoms with Crippen molar-refractivity contribution in [3.05, 3.63) is 22.7 Å². The summed E-state index contributed by atoms with van der Waals surface area (Å²) in [4.78, 5) is 0. The van der Waals surface area contributed by atoms with E-state index in [0.29, 0.717) is 5.92 Å². The second-order valence-corrected chi connectivity index (χ2v) is 6.83. The molecule has 0 radical (unpaired) electrons. The van der Waals surface area contributed by atoms with Crippen LogP contribution in [0.4, 0.5) is 0 Å². The lowest BCUT2D eigenvalue weighted by atomic mass is 9.80. The van der Waals surface area contributed by atoms with Crippen molar-refractivity contribution in [1.82, 2.24) is 0 Å². The number of nitrogens with one attached hydrogen (secondary N) is 1. The Balaban J connectivity index is 2.53. The van der Waals surface area contributed by atoms with Gasteiger partial charge in [0.15, 0.2) is 0 Å². The minimum atomic E-state index is 0.00986. The van der Waals surface area contributed by atoms with Crippen molar-refractivity contribution in [2.45, 2.75) is 41.0 Å². The predicted molar refractivity (Wildman–Crippen MR) is 84.2 cm³/mol. The Morgan fingerprint density at radius 1 is 1.39 bits per heavy atom. The Morgan fingerprint density at radius 2 is 2.00 bits per heavy atom. The van der Waals surface area contributed by atoms with E-state index in [1.54, 1.807) is 0 Å². The Kier molecular flexibility index (Phi) is 3.65. The average molecular weight is 359 g/mol. The van der Waals surface area contributed by atoms with Crippen LogP contribution in [0.15, 0.2) is 22.7 Å². The largest absolute Gasteiger partial charge is 0.467 e. The number of rotatable bonds is 2. The summed E-state index contributed by atoms with van der Waals surface area (Å²) < 4.78 is 6.92. The maximum Gasteiger partial charge on any atom is 0.101 e. The first-order valence-electron chi connectivity index (χ1n) is 6.55. The highest BCUT2D eigenvalue weighted by Crippen LogP contribution is 2.51. The van der Waals surface area contributed by atoms with Gasteiger partial charge in [0, 0.05) is 21.5 Å². The van der Waals surface area contributed by atoms with Crippen LogP contribution in [-0.2, 0) is 4.74 Å². The Morgan fingerprint density at radius 3 is 2.50 bits per heavy atom. The van der Waals surface area contributed by atoms with Gasteiger partial charge in [-0.25, -0.2) is 0 Å². The molecule has 2 unspecified atom stereocenters. The average Bonchev–Trinajstić information content (AvgIpc) is 2.54. The van der Waals surface area contributed by atoms with Gasteiger partial charge in [0.1, 0.15) is 11.5 Å². The maximum atomic E-state index is 8.60. The van der Waals surface area contributed by atoms with Crippen molar-refractivity contribution in [3.63, 3.8) is 0 Å². The molecule has 2 atom stereocenters. The smallest absolute Gasteiger partial charge is 0.101 e. The summed E-state index contributed by atoms with van der Waals surface area (Å²) >= 11 is 2.41. The van der Waals surface area contributed by atoms with E-state index in [0.717, 1.165) is 28.1 Å². The monoisotopic (exact) mass is 359 g/mol. The van der Waals surface area contributed by atoms with E-state index in [9.17, 15) is 0 Å². The zero-order valence-corrected chi connectivity index (χ0v) is 14.0. The van der Waals surface area contributed by atoms with Crippen molar-refractivity contribution in [2.24, 2.45) is 17.3 Å². The van der Waals surface area contributed by atoms with Gasteiger partial charge in [0.2, 0.25) is 0 Å². The molecule has 0 aromatic heterocycles. The lowest BCUT2D eigenvalue weighted by molar-refractivity contribution is 0.275. The molecule has 1 fully saturated rings. The Bertz CT molecular complexity index is 461. The van der Waals surface area contributed by atoms with Gasteiger partial charge >= 0.3 is 0 Å². The number of fused-ring (bicyclic) bond motifs is 1. The highest BCUT2D eigenvalue weighted by atomic mass is 127. The topological polar surface area (TPSA) is 33.1 Å². The van der Waals surface area contributed by atoms with Gasteiger partial charge in [-0.1, -0.05) is 43.4 Å². The number of hydrogen-bond acceptors (Lipinski definition) is 2. The third-order valence-electron chi connectivity index (χ3n) is 4.26. The first kappa shape index (κ1) is 14.1. The van der Waals surface area contributed by atoms with Crippen molar-refractivity contribution >= 4 is 28.3 Å². The molecule has 1 N–H and O–H groups in total. The SMILES string of the molecule is CC1=C2CC(C)(CI)C(=N)C2C(C(C)C)=C(C)O1. The number of hydrogen-bond donors (Lipinski definition) is 1. The molecule has 0 bridgehead atoms. The van der Waals surface area contributed by atoms with E-state index < -0.39 is 0 Å². The molecule has 2 nitrogen and oxygen atoms in total. The van der Waals surface area contributed by atoms with Crippen molar-refractivity contribution in [1.29, 1.82) is 5.41 Å². The summed E-state index contributed by atoms with van der Waals surface area (Å²) in [6, 6.07) is 0. The van der Waals surface area contributed by atoms with E-state index in [-0.39, 0.29) is 11.3 Å². The maximum absolute atomic E-state index is 8.60. The van der Waals surface area contributed by atoms with Crippen LogP contribution in [0.2, 0.25) is 0 Å². The highest BCUT2D eigenvalue weighted by Gasteiger charge is 2.48. The lowest BCUT2D eigenvalue weighted by Crippen LogP contribution is -2.29. The number of halogens is 1. The Hall–Kier alpha value is -0.320. The Labute approximate surface area is 124 Å². The van der Waals surface area contributed by atoms with Gasteiger partial charge in [0.05, 0.1) is 0 Å². The van der Waals surface area contributed by atoms with Crippen LogP contribution >= 0.6 is 22.6 Å². The molecule has 0 aromatic carbocycles. The van der Waals surface area contributed by atoms with Crippen LogP contribution in [-0.4, -0.2) is 10.1 Å². The number of alkyl halides is 1. The van der Waals surface area contributed by atoms with Gasteiger partial charge in [0.25, 0.3) is 0 Å². The summed E-state index contributed by atoms with van der Waals surface area (Å²) in [6.45, 7) is 10.7. The van der Waals surface area contributed by atoms with Crippen LogP contribution in [0.1, 0.15) is 41.0 Å². The molecular formula is C15H22INO. The second-order valence-electron chi connectivity index (χ2n) is 6.07. The van der Waals surface area contributed by atoms with E-state index in [4.69, 9.17) is 10.1 Å². The molecule has 0 aromatic rings. The zero-order valence-electron chi connectivity index (χ0n) is 11.9. The molecule has 100 valence electrons. The third kappa shape index (κ3) is 1.95. The molecular weight excluding hydrogens is 337 g/mol. The molecule has 3 heteroatoms. The number of ether oxygens (including phenoxy) is 1. The van der Waals surface area contributed by atoms with Crippen LogP contribution in [0, 0.1) is 22.7 Å². The molecule has 1 aliphatic heterocycles. The van der Waals surface area contributed by atoms with Crippen LogP contribution in [0.5, 0.6) is 0 Å². The first-order chi connectivity index (χ1) is 8.31. The van der Waals surface area contributed by atoms with Gasteiger partial charge in [-0.3, -0.25) is 0 Å². The summed E-state index contributed by atoms with van der Waals surface area (Å²) in [5.74, 6) is 2.69. The van der Waals surface area contributed by atoms with E-state index in [1.807, 2.05) is 6.92 Å². The van der Waals surface area contributed by atoms with Gasteiger partial charge in [-0.2, -0.15) is 0 Å².